The molecule has 9 heteroatoms. The highest BCUT2D eigenvalue weighted by Gasteiger charge is 2.26. The minimum absolute atomic E-state index is 0. The van der Waals surface area contributed by atoms with Crippen molar-refractivity contribution >= 4 is 30.7 Å². The van der Waals surface area contributed by atoms with E-state index < -0.39 is 0 Å². The Balaban J connectivity index is 0.00000136. The Labute approximate surface area is 194 Å². The van der Waals surface area contributed by atoms with E-state index in [0.29, 0.717) is 18.8 Å². The summed E-state index contributed by atoms with van der Waals surface area (Å²) in [5.41, 5.74) is 5.28. The number of imidazole rings is 1. The highest BCUT2D eigenvalue weighted by atomic mass is 35.5. The Hall–Kier alpha value is -2.35. The van der Waals surface area contributed by atoms with Crippen molar-refractivity contribution in [1.29, 1.82) is 0 Å². The van der Waals surface area contributed by atoms with Crippen LogP contribution >= 0.6 is 24.8 Å². The van der Waals surface area contributed by atoms with Crippen molar-refractivity contribution in [2.24, 2.45) is 7.05 Å². The van der Waals surface area contributed by atoms with E-state index >= 15 is 0 Å². The number of rotatable bonds is 2. The maximum Gasteiger partial charge on any atom is 0.274 e. The number of aromatic nitrogens is 4. The van der Waals surface area contributed by atoms with E-state index in [1.54, 1.807) is 0 Å². The number of benzene rings is 1. The summed E-state index contributed by atoms with van der Waals surface area (Å²) in [5, 5.41) is 8.14. The minimum atomic E-state index is 0. The number of hydrogen-bond donors (Lipinski definition) is 1. The van der Waals surface area contributed by atoms with E-state index in [2.05, 4.69) is 39.1 Å². The van der Waals surface area contributed by atoms with Crippen LogP contribution in [0.25, 0.3) is 11.3 Å². The van der Waals surface area contributed by atoms with E-state index in [0.717, 1.165) is 56.1 Å². The van der Waals surface area contributed by atoms with Gasteiger partial charge in [0.1, 0.15) is 11.5 Å². The highest BCUT2D eigenvalue weighted by molar-refractivity contribution is 5.92. The van der Waals surface area contributed by atoms with Gasteiger partial charge in [-0.25, -0.2) is 4.98 Å². The molecule has 2 aliphatic rings. The lowest BCUT2D eigenvalue weighted by molar-refractivity contribution is 0.0757. The number of aryl methyl sites for hydroxylation is 1. The molecule has 7 nitrogen and oxygen atoms in total. The van der Waals surface area contributed by atoms with Gasteiger partial charge in [0.15, 0.2) is 0 Å². The first-order valence-electron chi connectivity index (χ1n) is 10.4. The van der Waals surface area contributed by atoms with Crippen LogP contribution in [0.4, 0.5) is 0 Å². The summed E-state index contributed by atoms with van der Waals surface area (Å²) in [6, 6.07) is 10.4. The second-order valence-electron chi connectivity index (χ2n) is 7.79. The standard InChI is InChI=1S/C22H26N6O.2ClH/c1-26-21(16-5-3-2-4-6-16)17-8-12-27(13-9-18(17)25-26)22(29)19-15-28-14-11-23-10-7-20(28)24-19;;/h2-6,15,23H,7-14H2,1H3;2*1H. The Kier molecular flexibility index (Phi) is 7.41. The van der Waals surface area contributed by atoms with Gasteiger partial charge in [-0.3, -0.25) is 9.48 Å². The molecule has 0 radical (unpaired) electrons. The molecule has 0 saturated carbocycles. The lowest BCUT2D eigenvalue weighted by Gasteiger charge is -2.19. The zero-order chi connectivity index (χ0) is 19.8. The van der Waals surface area contributed by atoms with Crippen molar-refractivity contribution in [2.75, 3.05) is 26.2 Å². The van der Waals surface area contributed by atoms with Gasteiger partial charge in [0.25, 0.3) is 5.91 Å². The van der Waals surface area contributed by atoms with Crippen LogP contribution in [0, 0.1) is 0 Å². The van der Waals surface area contributed by atoms with E-state index in [1.807, 2.05) is 28.9 Å². The van der Waals surface area contributed by atoms with Crippen LogP contribution < -0.4 is 5.32 Å². The Morgan fingerprint density at radius 2 is 1.77 bits per heavy atom. The monoisotopic (exact) mass is 462 g/mol. The molecular weight excluding hydrogens is 435 g/mol. The number of nitrogens with zero attached hydrogens (tertiary/aromatic N) is 5. The molecule has 5 rings (SSSR count). The van der Waals surface area contributed by atoms with Crippen molar-refractivity contribution in [1.82, 2.24) is 29.5 Å². The van der Waals surface area contributed by atoms with E-state index in [1.165, 1.54) is 11.1 Å². The zero-order valence-corrected chi connectivity index (χ0v) is 19.2. The van der Waals surface area contributed by atoms with Crippen molar-refractivity contribution in [2.45, 2.75) is 25.8 Å². The predicted molar refractivity (Wildman–Crippen MR) is 125 cm³/mol. The summed E-state index contributed by atoms with van der Waals surface area (Å²) in [6.45, 7) is 4.08. The van der Waals surface area contributed by atoms with Crippen molar-refractivity contribution in [3.8, 4) is 11.3 Å². The van der Waals surface area contributed by atoms with E-state index in [-0.39, 0.29) is 30.7 Å². The summed E-state index contributed by atoms with van der Waals surface area (Å²) in [6.07, 6.45) is 4.38. The molecule has 0 bridgehead atoms. The van der Waals surface area contributed by atoms with Gasteiger partial charge in [0.05, 0.1) is 11.4 Å². The lowest BCUT2D eigenvalue weighted by atomic mass is 10.0. The van der Waals surface area contributed by atoms with Crippen LogP contribution in [0.15, 0.2) is 36.5 Å². The predicted octanol–water partition coefficient (Wildman–Crippen LogP) is 2.51. The van der Waals surface area contributed by atoms with Crippen molar-refractivity contribution < 1.29 is 4.79 Å². The molecule has 0 saturated heterocycles. The van der Waals surface area contributed by atoms with Crippen molar-refractivity contribution in [3.05, 3.63) is 59.3 Å². The second kappa shape index (κ2) is 9.85. The van der Waals surface area contributed by atoms with E-state index in [9.17, 15) is 4.79 Å². The number of halogens is 2. The topological polar surface area (TPSA) is 68.0 Å². The molecule has 0 atom stereocenters. The molecular formula is C22H28Cl2N6O. The first-order valence-corrected chi connectivity index (χ1v) is 10.4. The maximum atomic E-state index is 13.2. The fourth-order valence-electron chi connectivity index (χ4n) is 4.48. The fraction of sp³-hybridized carbons (Fsp3) is 0.409. The third kappa shape index (κ3) is 4.49. The molecule has 0 unspecified atom stereocenters. The smallest absolute Gasteiger partial charge is 0.274 e. The average Bonchev–Trinajstić information content (AvgIpc) is 3.11. The van der Waals surface area contributed by atoms with Crippen LogP contribution in [-0.2, 0) is 32.9 Å². The van der Waals surface area contributed by atoms with Crippen LogP contribution in [-0.4, -0.2) is 56.3 Å². The van der Waals surface area contributed by atoms with Gasteiger partial charge in [-0.1, -0.05) is 30.3 Å². The first-order chi connectivity index (χ1) is 14.2. The summed E-state index contributed by atoms with van der Waals surface area (Å²) in [5.74, 6) is 1.04. The molecule has 0 aliphatic carbocycles. The Morgan fingerprint density at radius 3 is 2.58 bits per heavy atom. The van der Waals surface area contributed by atoms with Gasteiger partial charge in [-0.05, 0) is 6.42 Å². The van der Waals surface area contributed by atoms with Gasteiger partial charge in [-0.15, -0.1) is 24.8 Å². The van der Waals surface area contributed by atoms with Crippen molar-refractivity contribution in [3.63, 3.8) is 0 Å². The summed E-state index contributed by atoms with van der Waals surface area (Å²) in [4.78, 5) is 19.7. The summed E-state index contributed by atoms with van der Waals surface area (Å²) >= 11 is 0. The van der Waals surface area contributed by atoms with Crippen LogP contribution in [0.5, 0.6) is 0 Å². The number of hydrogen-bond acceptors (Lipinski definition) is 4. The third-order valence-corrected chi connectivity index (χ3v) is 5.95. The number of carbonyl (C=O) groups excluding carboxylic acids is 1. The normalized spacial score (nSPS) is 15.6. The zero-order valence-electron chi connectivity index (χ0n) is 17.6. The van der Waals surface area contributed by atoms with Gasteiger partial charge in [0, 0.05) is 69.9 Å². The molecule has 166 valence electrons. The third-order valence-electron chi connectivity index (χ3n) is 5.95. The van der Waals surface area contributed by atoms with Gasteiger partial charge < -0.3 is 14.8 Å². The second-order valence-corrected chi connectivity index (χ2v) is 7.79. The van der Waals surface area contributed by atoms with Crippen LogP contribution in [0.2, 0.25) is 0 Å². The van der Waals surface area contributed by atoms with Gasteiger partial charge in [0.2, 0.25) is 0 Å². The molecule has 4 heterocycles. The van der Waals surface area contributed by atoms with Crippen LogP contribution in [0.3, 0.4) is 0 Å². The van der Waals surface area contributed by atoms with Crippen LogP contribution in [0.1, 0.15) is 27.6 Å². The minimum Gasteiger partial charge on any atom is -0.337 e. The quantitative estimate of drug-likeness (QED) is 0.635. The Morgan fingerprint density at radius 1 is 1.00 bits per heavy atom. The van der Waals surface area contributed by atoms with E-state index in [4.69, 9.17) is 5.10 Å². The number of carbonyl (C=O) groups is 1. The summed E-state index contributed by atoms with van der Waals surface area (Å²) in [7, 11) is 2.01. The van der Waals surface area contributed by atoms with Gasteiger partial charge in [-0.2, -0.15) is 5.10 Å². The first kappa shape index (κ1) is 23.3. The summed E-state index contributed by atoms with van der Waals surface area (Å²) < 4.78 is 4.10. The number of fused-ring (bicyclic) bond motifs is 2. The molecule has 31 heavy (non-hydrogen) atoms. The fourth-order valence-corrected chi connectivity index (χ4v) is 4.48. The number of nitrogens with one attached hydrogen (secondary N) is 1. The lowest BCUT2D eigenvalue weighted by Crippen LogP contribution is -2.33. The molecule has 1 aromatic carbocycles. The molecule has 0 spiro atoms. The molecule has 2 aliphatic heterocycles. The molecule has 2 aromatic heterocycles. The molecule has 1 N–H and O–H groups in total. The molecule has 1 amide bonds. The largest absolute Gasteiger partial charge is 0.337 e. The van der Waals surface area contributed by atoms with Gasteiger partial charge >= 0.3 is 0 Å². The maximum absolute atomic E-state index is 13.2. The SMILES string of the molecule is Cl.Cl.Cn1nc2c(c1-c1ccccc1)CCN(C(=O)c1cn3c(n1)CCNCC3)CC2. The Bertz CT molecular complexity index is 1020. The molecule has 3 aromatic rings. The highest BCUT2D eigenvalue weighted by Crippen LogP contribution is 2.28. The molecule has 0 fully saturated rings. The average molecular weight is 463 g/mol. The number of amides is 1.